The van der Waals surface area contributed by atoms with Crippen LogP contribution < -0.4 is 4.74 Å². The highest BCUT2D eigenvalue weighted by molar-refractivity contribution is 5.71. The lowest BCUT2D eigenvalue weighted by Gasteiger charge is -2.26. The molecule has 0 radical (unpaired) electrons. The fraction of sp³-hybridized carbons (Fsp3) is 0.375. The zero-order chi connectivity index (χ0) is 28.9. The number of ether oxygens (including phenoxy) is 2. The normalized spacial score (nSPS) is 15.6. The van der Waals surface area contributed by atoms with E-state index in [0.29, 0.717) is 25.2 Å². The standard InChI is InChI=1S/C32H32F6O2/c1-3-5-6-7-20-8-14-23(15-9-20)40-32(37,38)26-18-16-24(28(33)30(26)35)21-10-12-22(13-11-21)25-17-19-27(39-4-2)31(36)29(25)34/h10-14,16-20H,3-9,15H2,1-2H3. The molecule has 0 amide bonds. The summed E-state index contributed by atoms with van der Waals surface area (Å²) in [5.74, 6) is -5.13. The molecule has 0 bridgehead atoms. The van der Waals surface area contributed by atoms with Gasteiger partial charge in [0.1, 0.15) is 5.56 Å². The molecule has 4 rings (SSSR count). The van der Waals surface area contributed by atoms with E-state index in [0.717, 1.165) is 37.8 Å². The van der Waals surface area contributed by atoms with Gasteiger partial charge in [0.2, 0.25) is 5.82 Å². The second-order valence-corrected chi connectivity index (χ2v) is 9.96. The molecule has 0 fully saturated rings. The molecule has 0 spiro atoms. The third-order valence-corrected chi connectivity index (χ3v) is 7.20. The number of rotatable bonds is 11. The molecule has 0 N–H and O–H groups in total. The van der Waals surface area contributed by atoms with Gasteiger partial charge in [0.15, 0.2) is 23.2 Å². The van der Waals surface area contributed by atoms with Gasteiger partial charge in [-0.15, -0.1) is 0 Å². The Hall–Kier alpha value is -3.42. The molecule has 8 heteroatoms. The lowest BCUT2D eigenvalue weighted by molar-refractivity contribution is -0.228. The summed E-state index contributed by atoms with van der Waals surface area (Å²) in [7, 11) is 0. The van der Waals surface area contributed by atoms with Crippen LogP contribution in [-0.4, -0.2) is 6.61 Å². The first-order chi connectivity index (χ1) is 19.2. The van der Waals surface area contributed by atoms with Gasteiger partial charge in [-0.3, -0.25) is 0 Å². The zero-order valence-corrected chi connectivity index (χ0v) is 22.5. The molecule has 1 aliphatic rings. The molecule has 0 aliphatic heterocycles. The second-order valence-electron chi connectivity index (χ2n) is 9.96. The van der Waals surface area contributed by atoms with Gasteiger partial charge in [-0.1, -0.05) is 62.9 Å². The fourth-order valence-corrected chi connectivity index (χ4v) is 4.97. The van der Waals surface area contributed by atoms with Gasteiger partial charge >= 0.3 is 6.11 Å². The van der Waals surface area contributed by atoms with Gasteiger partial charge < -0.3 is 9.47 Å². The summed E-state index contributed by atoms with van der Waals surface area (Å²) in [6.45, 7) is 3.93. The van der Waals surface area contributed by atoms with E-state index in [9.17, 15) is 22.0 Å². The Balaban J connectivity index is 1.50. The first kappa shape index (κ1) is 29.6. The van der Waals surface area contributed by atoms with Crippen LogP contribution >= 0.6 is 0 Å². The van der Waals surface area contributed by atoms with Crippen molar-refractivity contribution in [2.75, 3.05) is 6.61 Å². The average Bonchev–Trinajstić information content (AvgIpc) is 2.94. The van der Waals surface area contributed by atoms with Crippen molar-refractivity contribution < 1.29 is 35.8 Å². The van der Waals surface area contributed by atoms with E-state index < -0.39 is 34.9 Å². The highest BCUT2D eigenvalue weighted by atomic mass is 19.3. The maximum Gasteiger partial charge on any atom is 0.429 e. The van der Waals surface area contributed by atoms with Crippen LogP contribution in [0.1, 0.15) is 64.4 Å². The van der Waals surface area contributed by atoms with Crippen molar-refractivity contribution in [1.29, 1.82) is 0 Å². The highest BCUT2D eigenvalue weighted by Crippen LogP contribution is 2.40. The van der Waals surface area contributed by atoms with Crippen LogP contribution in [0.15, 0.2) is 60.4 Å². The zero-order valence-electron chi connectivity index (χ0n) is 22.5. The molecule has 40 heavy (non-hydrogen) atoms. The molecule has 3 aromatic carbocycles. The molecule has 0 aromatic heterocycles. The first-order valence-corrected chi connectivity index (χ1v) is 13.6. The molecule has 214 valence electrons. The lowest BCUT2D eigenvalue weighted by Crippen LogP contribution is -2.22. The topological polar surface area (TPSA) is 18.5 Å². The Morgan fingerprint density at radius 1 is 0.775 bits per heavy atom. The number of benzene rings is 3. The van der Waals surface area contributed by atoms with Gasteiger partial charge in [0.05, 0.1) is 12.4 Å². The minimum absolute atomic E-state index is 0.0457. The molecule has 1 aliphatic carbocycles. The maximum atomic E-state index is 15.0. The average molecular weight is 563 g/mol. The number of allylic oxidation sites excluding steroid dienone is 2. The molecule has 1 atom stereocenters. The van der Waals surface area contributed by atoms with Crippen molar-refractivity contribution in [1.82, 2.24) is 0 Å². The van der Waals surface area contributed by atoms with Crippen LogP contribution in [0.25, 0.3) is 22.3 Å². The third kappa shape index (κ3) is 6.48. The number of hydrogen-bond donors (Lipinski definition) is 0. The number of halogens is 6. The van der Waals surface area contributed by atoms with E-state index in [4.69, 9.17) is 9.47 Å². The smallest absolute Gasteiger partial charge is 0.429 e. The Kier molecular flexibility index (Phi) is 9.48. The summed E-state index contributed by atoms with van der Waals surface area (Å²) < 4.78 is 98.5. The van der Waals surface area contributed by atoms with E-state index in [-0.39, 0.29) is 40.4 Å². The first-order valence-electron chi connectivity index (χ1n) is 13.6. The summed E-state index contributed by atoms with van der Waals surface area (Å²) in [6, 6.07) is 10.1. The number of alkyl halides is 2. The van der Waals surface area contributed by atoms with Crippen LogP contribution in [0.4, 0.5) is 26.3 Å². The van der Waals surface area contributed by atoms with Crippen LogP contribution in [0.3, 0.4) is 0 Å². The van der Waals surface area contributed by atoms with Gasteiger partial charge in [-0.25, -0.2) is 13.2 Å². The minimum atomic E-state index is -4.05. The third-order valence-electron chi connectivity index (χ3n) is 7.20. The fourth-order valence-electron chi connectivity index (χ4n) is 4.97. The van der Waals surface area contributed by atoms with E-state index in [1.807, 2.05) is 0 Å². The van der Waals surface area contributed by atoms with Crippen molar-refractivity contribution in [2.24, 2.45) is 5.92 Å². The van der Waals surface area contributed by atoms with E-state index in [2.05, 4.69) is 6.92 Å². The van der Waals surface area contributed by atoms with E-state index >= 15 is 4.39 Å². The minimum Gasteiger partial charge on any atom is -0.491 e. The predicted octanol–water partition coefficient (Wildman–Crippen LogP) is 10.3. The summed E-state index contributed by atoms with van der Waals surface area (Å²) in [6.07, 6.45) is 3.59. The molecule has 1 unspecified atom stereocenters. The van der Waals surface area contributed by atoms with Crippen molar-refractivity contribution in [3.8, 4) is 28.0 Å². The SMILES string of the molecule is CCCCCC1CC=C(OC(F)(F)c2ccc(-c3ccc(-c4ccc(OCC)c(F)c4F)cc3)c(F)c2F)CC1. The van der Waals surface area contributed by atoms with Crippen LogP contribution in [0, 0.1) is 29.2 Å². The van der Waals surface area contributed by atoms with Gasteiger partial charge in [-0.2, -0.15) is 13.2 Å². The quantitative estimate of drug-likeness (QED) is 0.171. The van der Waals surface area contributed by atoms with Crippen molar-refractivity contribution in [2.45, 2.75) is 64.9 Å². The van der Waals surface area contributed by atoms with Crippen molar-refractivity contribution in [3.63, 3.8) is 0 Å². The largest absolute Gasteiger partial charge is 0.491 e. The monoisotopic (exact) mass is 562 g/mol. The van der Waals surface area contributed by atoms with Gasteiger partial charge in [0.25, 0.3) is 0 Å². The molecule has 0 saturated carbocycles. The van der Waals surface area contributed by atoms with Crippen LogP contribution in [0.2, 0.25) is 0 Å². The molecule has 0 saturated heterocycles. The molecule has 2 nitrogen and oxygen atoms in total. The van der Waals surface area contributed by atoms with Crippen molar-refractivity contribution >= 4 is 0 Å². The number of unbranched alkanes of at least 4 members (excludes halogenated alkanes) is 2. The van der Waals surface area contributed by atoms with Gasteiger partial charge in [-0.05, 0) is 61.1 Å². The molecule has 0 heterocycles. The molecular formula is C32H32F6O2. The summed E-state index contributed by atoms with van der Waals surface area (Å²) in [5.41, 5.74) is -1.03. The Morgan fingerprint density at radius 2 is 1.40 bits per heavy atom. The Morgan fingerprint density at radius 3 is 1.98 bits per heavy atom. The maximum absolute atomic E-state index is 15.0. The van der Waals surface area contributed by atoms with E-state index in [1.54, 1.807) is 13.0 Å². The summed E-state index contributed by atoms with van der Waals surface area (Å²) in [4.78, 5) is 0. The highest BCUT2D eigenvalue weighted by Gasteiger charge is 2.40. The second kappa shape index (κ2) is 12.8. The van der Waals surface area contributed by atoms with Crippen LogP contribution in [0.5, 0.6) is 5.75 Å². The predicted molar refractivity (Wildman–Crippen MR) is 143 cm³/mol. The Labute approximate surface area is 230 Å². The molecule has 3 aromatic rings. The Bertz CT molecular complexity index is 1350. The summed E-state index contributed by atoms with van der Waals surface area (Å²) in [5, 5.41) is 0. The van der Waals surface area contributed by atoms with E-state index in [1.165, 1.54) is 36.4 Å². The van der Waals surface area contributed by atoms with Crippen molar-refractivity contribution in [3.05, 3.63) is 89.2 Å². The number of hydrogen-bond acceptors (Lipinski definition) is 2. The summed E-state index contributed by atoms with van der Waals surface area (Å²) >= 11 is 0. The van der Waals surface area contributed by atoms with Gasteiger partial charge in [0, 0.05) is 17.5 Å². The van der Waals surface area contributed by atoms with Crippen LogP contribution in [-0.2, 0) is 10.8 Å². The lowest BCUT2D eigenvalue weighted by atomic mass is 9.89. The molecular weight excluding hydrogens is 530 g/mol.